The third-order valence-electron chi connectivity index (χ3n) is 5.10. The van der Waals surface area contributed by atoms with E-state index in [4.69, 9.17) is 0 Å². The lowest BCUT2D eigenvalue weighted by Gasteiger charge is -2.10. The maximum atomic E-state index is 12.8. The second-order valence-electron chi connectivity index (χ2n) is 7.73. The van der Waals surface area contributed by atoms with Gasteiger partial charge in [-0.1, -0.05) is 24.3 Å². The van der Waals surface area contributed by atoms with Crippen molar-refractivity contribution in [1.29, 1.82) is 0 Å². The number of nitrogens with one attached hydrogen (secondary N) is 1. The van der Waals surface area contributed by atoms with E-state index in [-0.39, 0.29) is 4.90 Å². The first kappa shape index (κ1) is 20.8. The van der Waals surface area contributed by atoms with Crippen LogP contribution in [0.1, 0.15) is 11.1 Å². The smallest absolute Gasteiger partial charge is 0.261 e. The average molecular weight is 457 g/mol. The molecule has 0 fully saturated rings. The van der Waals surface area contributed by atoms with Crippen molar-refractivity contribution in [3.8, 4) is 22.8 Å². The summed E-state index contributed by atoms with van der Waals surface area (Å²) in [5, 5.41) is 13.0. The summed E-state index contributed by atoms with van der Waals surface area (Å²) in [6, 6.07) is 21.6. The zero-order valence-corrected chi connectivity index (χ0v) is 18.8. The first-order valence-electron chi connectivity index (χ1n) is 10.2. The zero-order chi connectivity index (χ0) is 23.0. The summed E-state index contributed by atoms with van der Waals surface area (Å²) in [5.74, 6) is 0.547. The number of benzene rings is 2. The Balaban J connectivity index is 1.44. The minimum absolute atomic E-state index is 0.242. The van der Waals surface area contributed by atoms with Gasteiger partial charge in [0.05, 0.1) is 10.6 Å². The molecule has 0 amide bonds. The first-order valence-corrected chi connectivity index (χ1v) is 11.7. The monoisotopic (exact) mass is 456 g/mol. The molecule has 0 atom stereocenters. The minimum atomic E-state index is -3.69. The lowest BCUT2D eigenvalue weighted by Crippen LogP contribution is -2.13. The number of hydrogen-bond acceptors (Lipinski definition) is 6. The fourth-order valence-electron chi connectivity index (χ4n) is 3.61. The largest absolute Gasteiger partial charge is 0.280 e. The number of anilines is 1. The number of nitrogens with zero attached hydrogens (tertiary/aromatic N) is 5. The fraction of sp³-hybridized carbons (Fsp3) is 0.0833. The van der Waals surface area contributed by atoms with E-state index in [2.05, 4.69) is 25.0 Å². The third-order valence-corrected chi connectivity index (χ3v) is 6.46. The summed E-state index contributed by atoms with van der Waals surface area (Å²) in [7, 11) is -3.69. The maximum Gasteiger partial charge on any atom is 0.261 e. The van der Waals surface area contributed by atoms with Crippen LogP contribution in [0.5, 0.6) is 0 Å². The van der Waals surface area contributed by atoms with E-state index in [0.717, 1.165) is 16.7 Å². The Labute approximate surface area is 191 Å². The van der Waals surface area contributed by atoms with Gasteiger partial charge in [0.1, 0.15) is 5.69 Å². The molecule has 5 rings (SSSR count). The van der Waals surface area contributed by atoms with Gasteiger partial charge < -0.3 is 0 Å². The van der Waals surface area contributed by atoms with Gasteiger partial charge in [0, 0.05) is 17.4 Å². The van der Waals surface area contributed by atoms with Crippen LogP contribution in [0.3, 0.4) is 0 Å². The lowest BCUT2D eigenvalue weighted by atomic mass is 10.1. The van der Waals surface area contributed by atoms with E-state index in [9.17, 15) is 8.42 Å². The Morgan fingerprint density at radius 2 is 1.58 bits per heavy atom. The van der Waals surface area contributed by atoms with E-state index in [1.807, 2.05) is 62.4 Å². The van der Waals surface area contributed by atoms with Crippen molar-refractivity contribution in [2.75, 3.05) is 4.72 Å². The Bertz CT molecular complexity index is 1540. The van der Waals surface area contributed by atoms with Crippen LogP contribution in [0.4, 0.5) is 5.69 Å². The molecule has 8 nitrogen and oxygen atoms in total. The summed E-state index contributed by atoms with van der Waals surface area (Å²) in [4.78, 5) is 4.57. The molecule has 164 valence electrons. The molecule has 0 aliphatic heterocycles. The van der Waals surface area contributed by atoms with Crippen LogP contribution in [0, 0.1) is 13.8 Å². The molecule has 0 aliphatic rings. The topological polar surface area (TPSA) is 102 Å². The number of sulfonamides is 1. The molecule has 9 heteroatoms. The number of rotatable bonds is 5. The summed E-state index contributed by atoms with van der Waals surface area (Å²) in [6.45, 7) is 3.75. The van der Waals surface area contributed by atoms with Crippen LogP contribution in [0.15, 0.2) is 83.9 Å². The molecule has 0 aliphatic carbocycles. The summed E-state index contributed by atoms with van der Waals surface area (Å²) in [6.07, 6.45) is 1.69. The molecule has 1 N–H and O–H groups in total. The van der Waals surface area contributed by atoms with Crippen LogP contribution < -0.4 is 4.72 Å². The SMILES string of the molecule is Cc1cc(C)cc(S(=O)(=O)Nc2ccc(-c3ccc4nnc(-c5ccccn5)n4n3)cc2)c1. The minimum Gasteiger partial charge on any atom is -0.280 e. The molecule has 3 aromatic heterocycles. The average Bonchev–Trinajstić information content (AvgIpc) is 3.23. The molecule has 0 spiro atoms. The molecule has 0 unspecified atom stereocenters. The van der Waals surface area contributed by atoms with Crippen LogP contribution >= 0.6 is 0 Å². The Kier molecular flexibility index (Phi) is 5.10. The maximum absolute atomic E-state index is 12.8. The van der Waals surface area contributed by atoms with Crippen molar-refractivity contribution in [3.63, 3.8) is 0 Å². The van der Waals surface area contributed by atoms with Crippen LogP contribution in [-0.2, 0) is 10.0 Å². The van der Waals surface area contributed by atoms with E-state index in [1.165, 1.54) is 0 Å². The van der Waals surface area contributed by atoms with Gasteiger partial charge in [0.2, 0.25) is 5.82 Å². The summed E-state index contributed by atoms with van der Waals surface area (Å²) < 4.78 is 29.9. The highest BCUT2D eigenvalue weighted by molar-refractivity contribution is 7.92. The molecule has 0 saturated carbocycles. The molecule has 33 heavy (non-hydrogen) atoms. The van der Waals surface area contributed by atoms with Crippen molar-refractivity contribution in [2.45, 2.75) is 18.7 Å². The molecule has 2 aromatic carbocycles. The number of pyridine rings is 1. The summed E-state index contributed by atoms with van der Waals surface area (Å²) >= 11 is 0. The van der Waals surface area contributed by atoms with Crippen molar-refractivity contribution < 1.29 is 8.42 Å². The Hall–Kier alpha value is -4.11. The lowest BCUT2D eigenvalue weighted by molar-refractivity contribution is 0.601. The van der Waals surface area contributed by atoms with Crippen molar-refractivity contribution >= 4 is 21.4 Å². The van der Waals surface area contributed by atoms with Gasteiger partial charge in [0.15, 0.2) is 5.65 Å². The second-order valence-corrected chi connectivity index (χ2v) is 9.42. The van der Waals surface area contributed by atoms with E-state index >= 15 is 0 Å². The highest BCUT2D eigenvalue weighted by Crippen LogP contribution is 2.24. The number of aromatic nitrogens is 5. The van der Waals surface area contributed by atoms with Gasteiger partial charge in [-0.2, -0.15) is 9.61 Å². The molecule has 5 aromatic rings. The fourth-order valence-corrected chi connectivity index (χ4v) is 4.86. The van der Waals surface area contributed by atoms with Gasteiger partial charge in [-0.15, -0.1) is 10.2 Å². The standard InChI is InChI=1S/C24H20N6O2S/c1-16-13-17(2)15-20(14-16)33(31,32)29-19-8-6-18(7-9-19)21-10-11-23-26-27-24(30(23)28-21)22-5-3-4-12-25-22/h3-15,29H,1-2H3. The number of hydrogen-bond donors (Lipinski definition) is 1. The van der Waals surface area contributed by atoms with Gasteiger partial charge in [0.25, 0.3) is 10.0 Å². The first-order chi connectivity index (χ1) is 15.9. The quantitative estimate of drug-likeness (QED) is 0.424. The van der Waals surface area contributed by atoms with Gasteiger partial charge >= 0.3 is 0 Å². The molecule has 0 saturated heterocycles. The molecular formula is C24H20N6O2S. The third kappa shape index (κ3) is 4.18. The normalized spacial score (nSPS) is 11.6. The second kappa shape index (κ2) is 8.10. The van der Waals surface area contributed by atoms with Crippen molar-refractivity contribution in [1.82, 2.24) is 24.8 Å². The van der Waals surface area contributed by atoms with Crippen molar-refractivity contribution in [3.05, 3.63) is 90.1 Å². The van der Waals surface area contributed by atoms with Gasteiger partial charge in [-0.25, -0.2) is 8.42 Å². The highest BCUT2D eigenvalue weighted by atomic mass is 32.2. The number of fused-ring (bicyclic) bond motifs is 1. The molecular weight excluding hydrogens is 436 g/mol. The van der Waals surface area contributed by atoms with Crippen LogP contribution in [0.25, 0.3) is 28.4 Å². The molecule has 3 heterocycles. The van der Waals surface area contributed by atoms with E-state index < -0.39 is 10.0 Å². The van der Waals surface area contributed by atoms with Crippen LogP contribution in [-0.4, -0.2) is 33.2 Å². The Morgan fingerprint density at radius 1 is 0.818 bits per heavy atom. The van der Waals surface area contributed by atoms with Crippen LogP contribution in [0.2, 0.25) is 0 Å². The van der Waals surface area contributed by atoms with Crippen molar-refractivity contribution in [2.24, 2.45) is 0 Å². The van der Waals surface area contributed by atoms with E-state index in [0.29, 0.717) is 28.5 Å². The predicted octanol–water partition coefficient (Wildman–Crippen LogP) is 4.27. The predicted molar refractivity (Wildman–Crippen MR) is 126 cm³/mol. The highest BCUT2D eigenvalue weighted by Gasteiger charge is 2.16. The van der Waals surface area contributed by atoms with E-state index in [1.54, 1.807) is 35.0 Å². The number of aryl methyl sites for hydroxylation is 2. The Morgan fingerprint density at radius 3 is 2.27 bits per heavy atom. The van der Waals surface area contributed by atoms with Gasteiger partial charge in [-0.3, -0.25) is 9.71 Å². The zero-order valence-electron chi connectivity index (χ0n) is 18.0. The molecule has 0 bridgehead atoms. The van der Waals surface area contributed by atoms with Gasteiger partial charge in [-0.05, 0) is 73.5 Å². The molecule has 0 radical (unpaired) electrons. The summed E-state index contributed by atoms with van der Waals surface area (Å²) in [5.41, 5.74) is 5.06.